The van der Waals surface area contributed by atoms with Crippen molar-refractivity contribution >= 4 is 17.5 Å². The molecule has 2 aliphatic heterocycles. The lowest BCUT2D eigenvalue weighted by molar-refractivity contribution is -0.129. The summed E-state index contributed by atoms with van der Waals surface area (Å²) in [5, 5.41) is 3.15. The van der Waals surface area contributed by atoms with Gasteiger partial charge in [0, 0.05) is 31.7 Å². The Labute approximate surface area is 147 Å². The summed E-state index contributed by atoms with van der Waals surface area (Å²) in [5.74, 6) is -1.20. The summed E-state index contributed by atoms with van der Waals surface area (Å²) in [4.78, 5) is 26.4. The molecule has 1 N–H and O–H groups in total. The van der Waals surface area contributed by atoms with Gasteiger partial charge in [-0.1, -0.05) is 13.0 Å². The lowest BCUT2D eigenvalue weighted by atomic mass is 9.86. The minimum absolute atomic E-state index is 0.118. The Morgan fingerprint density at radius 2 is 2.12 bits per heavy atom. The van der Waals surface area contributed by atoms with Crippen LogP contribution in [0.2, 0.25) is 0 Å². The molecule has 2 aliphatic rings. The number of ether oxygens (including phenoxy) is 1. The first-order valence-electron chi connectivity index (χ1n) is 8.90. The molecule has 6 heteroatoms. The van der Waals surface area contributed by atoms with Gasteiger partial charge in [0.15, 0.2) is 0 Å². The van der Waals surface area contributed by atoms with Crippen LogP contribution in [0.25, 0.3) is 0 Å². The van der Waals surface area contributed by atoms with Gasteiger partial charge in [0.25, 0.3) is 0 Å². The van der Waals surface area contributed by atoms with Gasteiger partial charge in [-0.25, -0.2) is 4.39 Å². The van der Waals surface area contributed by atoms with Gasteiger partial charge in [-0.2, -0.15) is 0 Å². The van der Waals surface area contributed by atoms with Crippen LogP contribution in [0.1, 0.15) is 38.2 Å². The zero-order valence-corrected chi connectivity index (χ0v) is 14.8. The van der Waals surface area contributed by atoms with Crippen LogP contribution >= 0.6 is 0 Å². The van der Waals surface area contributed by atoms with E-state index in [-0.39, 0.29) is 36.0 Å². The Morgan fingerprint density at radius 3 is 2.76 bits per heavy atom. The molecule has 1 aromatic rings. The molecular weight excluding hydrogens is 323 g/mol. The molecule has 2 heterocycles. The lowest BCUT2D eigenvalue weighted by Gasteiger charge is -2.38. The Bertz CT molecular complexity index is 671. The molecule has 1 unspecified atom stereocenters. The van der Waals surface area contributed by atoms with Crippen LogP contribution in [0.15, 0.2) is 18.2 Å². The number of benzene rings is 1. The topological polar surface area (TPSA) is 58.6 Å². The van der Waals surface area contributed by atoms with Gasteiger partial charge in [0.05, 0.1) is 11.6 Å². The maximum Gasteiger partial charge on any atom is 0.227 e. The fourth-order valence-corrected chi connectivity index (χ4v) is 3.64. The third kappa shape index (κ3) is 3.68. The molecule has 2 saturated heterocycles. The molecule has 5 nitrogen and oxygen atoms in total. The van der Waals surface area contributed by atoms with Crippen molar-refractivity contribution in [2.24, 2.45) is 5.92 Å². The average molecular weight is 348 g/mol. The lowest BCUT2D eigenvalue weighted by Crippen LogP contribution is -2.53. The molecule has 25 heavy (non-hydrogen) atoms. The van der Waals surface area contributed by atoms with Crippen LogP contribution in [-0.2, 0) is 14.3 Å². The van der Waals surface area contributed by atoms with E-state index >= 15 is 0 Å². The maximum absolute atomic E-state index is 14.2. The van der Waals surface area contributed by atoms with E-state index < -0.39 is 11.7 Å². The third-order valence-corrected chi connectivity index (χ3v) is 5.40. The Kier molecular flexibility index (Phi) is 5.08. The molecule has 0 aromatic heterocycles. The Hall–Kier alpha value is -1.95. The average Bonchev–Trinajstić information content (AvgIpc) is 2.97. The van der Waals surface area contributed by atoms with Crippen LogP contribution in [0.4, 0.5) is 10.1 Å². The highest BCUT2D eigenvalue weighted by Crippen LogP contribution is 2.30. The van der Waals surface area contributed by atoms with E-state index in [1.807, 2.05) is 0 Å². The molecule has 0 bridgehead atoms. The minimum atomic E-state index is -0.445. The first kappa shape index (κ1) is 17.9. The van der Waals surface area contributed by atoms with Crippen molar-refractivity contribution in [1.29, 1.82) is 0 Å². The first-order valence-corrected chi connectivity index (χ1v) is 8.90. The second-order valence-corrected chi connectivity index (χ2v) is 7.10. The highest BCUT2D eigenvalue weighted by Gasteiger charge is 2.40. The Morgan fingerprint density at radius 1 is 1.40 bits per heavy atom. The quantitative estimate of drug-likeness (QED) is 0.910. The number of aryl methyl sites for hydroxylation is 1. The number of anilines is 1. The zero-order chi connectivity index (χ0) is 18.0. The highest BCUT2D eigenvalue weighted by molar-refractivity contribution is 6.00. The van der Waals surface area contributed by atoms with Crippen molar-refractivity contribution in [2.75, 3.05) is 24.7 Å². The molecule has 2 fully saturated rings. The summed E-state index contributed by atoms with van der Waals surface area (Å²) in [6, 6.07) is 4.78. The molecule has 0 aliphatic carbocycles. The molecule has 3 rings (SSSR count). The number of hydrogen-bond donors (Lipinski definition) is 1. The molecule has 1 aromatic carbocycles. The van der Waals surface area contributed by atoms with E-state index in [1.165, 1.54) is 11.0 Å². The monoisotopic (exact) mass is 348 g/mol. The van der Waals surface area contributed by atoms with E-state index in [2.05, 4.69) is 12.2 Å². The summed E-state index contributed by atoms with van der Waals surface area (Å²) in [5.41, 5.74) is 0.801. The minimum Gasteiger partial charge on any atom is -0.381 e. The maximum atomic E-state index is 14.2. The SMILES string of the molecule is CCC1(NC(=O)C2CC(=O)N(c3ccc(C)cc3F)C2)CCOCC1. The number of hydrogen-bond acceptors (Lipinski definition) is 3. The number of carbonyl (C=O) groups excluding carboxylic acids is 2. The molecule has 2 amide bonds. The van der Waals surface area contributed by atoms with Crippen LogP contribution in [0.5, 0.6) is 0 Å². The van der Waals surface area contributed by atoms with Crippen LogP contribution in [0.3, 0.4) is 0 Å². The second-order valence-electron chi connectivity index (χ2n) is 7.10. The van der Waals surface area contributed by atoms with E-state index in [9.17, 15) is 14.0 Å². The summed E-state index contributed by atoms with van der Waals surface area (Å²) >= 11 is 0. The van der Waals surface area contributed by atoms with Gasteiger partial charge in [-0.15, -0.1) is 0 Å². The molecule has 0 saturated carbocycles. The smallest absolute Gasteiger partial charge is 0.227 e. The molecule has 0 radical (unpaired) electrons. The van der Waals surface area contributed by atoms with Gasteiger partial charge < -0.3 is 15.0 Å². The number of amides is 2. The summed E-state index contributed by atoms with van der Waals surface area (Å²) < 4.78 is 19.6. The number of carbonyl (C=O) groups is 2. The Balaban J connectivity index is 1.70. The van der Waals surface area contributed by atoms with Crippen molar-refractivity contribution in [3.63, 3.8) is 0 Å². The second kappa shape index (κ2) is 7.12. The highest BCUT2D eigenvalue weighted by atomic mass is 19.1. The van der Waals surface area contributed by atoms with Crippen LogP contribution in [-0.4, -0.2) is 37.1 Å². The number of nitrogens with one attached hydrogen (secondary N) is 1. The normalized spacial score (nSPS) is 22.9. The first-order chi connectivity index (χ1) is 11.9. The standard InChI is InChI=1S/C19H25FN2O3/c1-3-19(6-8-25-9-7-19)21-18(24)14-11-17(23)22(12-14)16-5-4-13(2)10-15(16)20/h4-5,10,14H,3,6-9,11-12H2,1-2H3,(H,21,24). The predicted molar refractivity (Wildman–Crippen MR) is 92.8 cm³/mol. The van der Waals surface area contributed by atoms with Gasteiger partial charge in [0.1, 0.15) is 5.82 Å². The van der Waals surface area contributed by atoms with Gasteiger partial charge in [0.2, 0.25) is 11.8 Å². The van der Waals surface area contributed by atoms with Gasteiger partial charge >= 0.3 is 0 Å². The number of rotatable bonds is 4. The van der Waals surface area contributed by atoms with Crippen molar-refractivity contribution in [1.82, 2.24) is 5.32 Å². The molecule has 1 atom stereocenters. The van der Waals surface area contributed by atoms with Crippen molar-refractivity contribution in [3.05, 3.63) is 29.6 Å². The van der Waals surface area contributed by atoms with E-state index in [0.29, 0.717) is 13.2 Å². The fourth-order valence-electron chi connectivity index (χ4n) is 3.64. The molecule has 136 valence electrons. The zero-order valence-electron chi connectivity index (χ0n) is 14.8. The van der Waals surface area contributed by atoms with Gasteiger partial charge in [-0.3, -0.25) is 9.59 Å². The number of halogens is 1. The van der Waals surface area contributed by atoms with Crippen molar-refractivity contribution in [3.8, 4) is 0 Å². The van der Waals surface area contributed by atoms with Gasteiger partial charge in [-0.05, 0) is 43.9 Å². The van der Waals surface area contributed by atoms with E-state index in [4.69, 9.17) is 4.74 Å². The van der Waals surface area contributed by atoms with E-state index in [1.54, 1.807) is 19.1 Å². The molecule has 0 spiro atoms. The predicted octanol–water partition coefficient (Wildman–Crippen LogP) is 2.56. The third-order valence-electron chi connectivity index (χ3n) is 5.40. The summed E-state index contributed by atoms with van der Waals surface area (Å²) in [7, 11) is 0. The van der Waals surface area contributed by atoms with Crippen molar-refractivity contribution < 1.29 is 18.7 Å². The number of nitrogens with zero attached hydrogens (tertiary/aromatic N) is 1. The van der Waals surface area contributed by atoms with Crippen molar-refractivity contribution in [2.45, 2.75) is 45.1 Å². The largest absolute Gasteiger partial charge is 0.381 e. The van der Waals surface area contributed by atoms with Crippen LogP contribution in [0, 0.1) is 18.7 Å². The van der Waals surface area contributed by atoms with Crippen LogP contribution < -0.4 is 10.2 Å². The molecular formula is C19H25FN2O3. The summed E-state index contributed by atoms with van der Waals surface area (Å²) in [6.07, 6.45) is 2.52. The fraction of sp³-hybridized carbons (Fsp3) is 0.579. The van der Waals surface area contributed by atoms with E-state index in [0.717, 1.165) is 24.8 Å². The summed E-state index contributed by atoms with van der Waals surface area (Å²) in [6.45, 7) is 5.35.